The molecule has 2 amide bonds. The van der Waals surface area contributed by atoms with E-state index in [4.69, 9.17) is 0 Å². The van der Waals surface area contributed by atoms with Gasteiger partial charge in [-0.05, 0) is 24.6 Å². The van der Waals surface area contributed by atoms with E-state index in [1.165, 1.54) is 0 Å². The molecule has 7 heteroatoms. The van der Waals surface area contributed by atoms with Gasteiger partial charge in [0.25, 0.3) is 5.91 Å². The second kappa shape index (κ2) is 10.7. The van der Waals surface area contributed by atoms with Crippen LogP contribution in [0, 0.1) is 0 Å². The van der Waals surface area contributed by atoms with Gasteiger partial charge in [0.1, 0.15) is 0 Å². The maximum atomic E-state index is 12.5. The molecule has 1 N–H and O–H groups in total. The van der Waals surface area contributed by atoms with Crippen LogP contribution in [0.2, 0.25) is 0 Å². The average molecular weight is 386 g/mol. The fourth-order valence-corrected chi connectivity index (χ4v) is 3.65. The summed E-state index contributed by atoms with van der Waals surface area (Å²) >= 11 is 1.91. The molecule has 1 aliphatic heterocycles. The SMILES string of the molecule is CCN(Cc1ccc(C(=O)N(C)C)cc1)C(=O)CC1CSCCN1.Cl. The summed E-state index contributed by atoms with van der Waals surface area (Å²) in [5.41, 5.74) is 1.72. The molecular formula is C18H28ClN3O2S. The quantitative estimate of drug-likeness (QED) is 0.816. The largest absolute Gasteiger partial charge is 0.345 e. The third-order valence-electron chi connectivity index (χ3n) is 4.13. The summed E-state index contributed by atoms with van der Waals surface area (Å²) < 4.78 is 0. The summed E-state index contributed by atoms with van der Waals surface area (Å²) in [6.45, 7) is 4.27. The zero-order chi connectivity index (χ0) is 17.5. The molecular weight excluding hydrogens is 358 g/mol. The highest BCUT2D eigenvalue weighted by molar-refractivity contribution is 7.99. The number of thioether (sulfide) groups is 1. The van der Waals surface area contributed by atoms with Crippen molar-refractivity contribution in [3.05, 3.63) is 35.4 Å². The molecule has 140 valence electrons. The lowest BCUT2D eigenvalue weighted by Gasteiger charge is -2.27. The number of nitrogens with zero attached hydrogens (tertiary/aromatic N) is 2. The first-order valence-electron chi connectivity index (χ1n) is 8.40. The maximum Gasteiger partial charge on any atom is 0.253 e. The number of hydrogen-bond acceptors (Lipinski definition) is 4. The van der Waals surface area contributed by atoms with Crippen molar-refractivity contribution in [3.8, 4) is 0 Å². The van der Waals surface area contributed by atoms with E-state index in [-0.39, 0.29) is 30.3 Å². The lowest BCUT2D eigenvalue weighted by molar-refractivity contribution is -0.132. The van der Waals surface area contributed by atoms with Gasteiger partial charge in [-0.15, -0.1) is 12.4 Å². The van der Waals surface area contributed by atoms with E-state index in [0.717, 1.165) is 23.6 Å². The first-order chi connectivity index (χ1) is 11.5. The number of nitrogens with one attached hydrogen (secondary N) is 1. The summed E-state index contributed by atoms with van der Waals surface area (Å²) in [5, 5.41) is 3.41. The second-order valence-corrected chi connectivity index (χ2v) is 7.38. The predicted octanol–water partition coefficient (Wildman–Crippen LogP) is 2.25. The molecule has 25 heavy (non-hydrogen) atoms. The van der Waals surface area contributed by atoms with Crippen molar-refractivity contribution in [2.75, 3.05) is 38.7 Å². The minimum Gasteiger partial charge on any atom is -0.345 e. The molecule has 1 atom stereocenters. The Balaban J connectivity index is 0.00000312. The highest BCUT2D eigenvalue weighted by atomic mass is 35.5. The molecule has 0 aliphatic carbocycles. The molecule has 0 aromatic heterocycles. The predicted molar refractivity (Wildman–Crippen MR) is 107 cm³/mol. The zero-order valence-electron chi connectivity index (χ0n) is 15.2. The third-order valence-corrected chi connectivity index (χ3v) is 5.27. The van der Waals surface area contributed by atoms with Gasteiger partial charge >= 0.3 is 0 Å². The van der Waals surface area contributed by atoms with Crippen molar-refractivity contribution < 1.29 is 9.59 Å². The Bertz CT molecular complexity index is 560. The highest BCUT2D eigenvalue weighted by Crippen LogP contribution is 2.14. The normalized spacial score (nSPS) is 16.7. The number of hydrogen-bond donors (Lipinski definition) is 1. The Morgan fingerprint density at radius 1 is 1.24 bits per heavy atom. The van der Waals surface area contributed by atoms with Crippen LogP contribution in [0.1, 0.15) is 29.3 Å². The number of rotatable bonds is 6. The van der Waals surface area contributed by atoms with Gasteiger partial charge in [0, 0.05) is 63.3 Å². The summed E-state index contributed by atoms with van der Waals surface area (Å²) in [7, 11) is 3.48. The van der Waals surface area contributed by atoms with E-state index in [0.29, 0.717) is 25.1 Å². The number of benzene rings is 1. The minimum absolute atomic E-state index is 0. The average Bonchev–Trinajstić information content (AvgIpc) is 2.60. The lowest BCUT2D eigenvalue weighted by atomic mass is 10.1. The molecule has 1 aromatic rings. The van der Waals surface area contributed by atoms with Crippen LogP contribution in [0.15, 0.2) is 24.3 Å². The summed E-state index contributed by atoms with van der Waals surface area (Å²) in [6.07, 6.45) is 0.554. The maximum absolute atomic E-state index is 12.5. The van der Waals surface area contributed by atoms with Gasteiger partial charge in [0.2, 0.25) is 5.91 Å². The van der Waals surface area contributed by atoms with Crippen LogP contribution in [0.3, 0.4) is 0 Å². The van der Waals surface area contributed by atoms with Crippen LogP contribution in [0.25, 0.3) is 0 Å². The Morgan fingerprint density at radius 3 is 2.44 bits per heavy atom. The Labute approximate surface area is 160 Å². The van der Waals surface area contributed by atoms with E-state index < -0.39 is 0 Å². The second-order valence-electron chi connectivity index (χ2n) is 6.23. The van der Waals surface area contributed by atoms with Crippen molar-refractivity contribution in [1.29, 1.82) is 0 Å². The topological polar surface area (TPSA) is 52.7 Å². The summed E-state index contributed by atoms with van der Waals surface area (Å²) in [6, 6.07) is 7.80. The van der Waals surface area contributed by atoms with E-state index in [9.17, 15) is 9.59 Å². The molecule has 1 saturated heterocycles. The number of halogens is 1. The smallest absolute Gasteiger partial charge is 0.253 e. The Kier molecular flexibility index (Phi) is 9.32. The van der Waals surface area contributed by atoms with Crippen LogP contribution >= 0.6 is 24.2 Å². The van der Waals surface area contributed by atoms with E-state index in [1.54, 1.807) is 19.0 Å². The molecule has 2 rings (SSSR count). The molecule has 1 aromatic carbocycles. The van der Waals surface area contributed by atoms with Crippen LogP contribution in [0.4, 0.5) is 0 Å². The van der Waals surface area contributed by atoms with E-state index >= 15 is 0 Å². The van der Waals surface area contributed by atoms with Gasteiger partial charge in [-0.1, -0.05) is 12.1 Å². The van der Waals surface area contributed by atoms with E-state index in [1.807, 2.05) is 47.9 Å². The van der Waals surface area contributed by atoms with Crippen molar-refractivity contribution in [2.45, 2.75) is 25.9 Å². The fraction of sp³-hybridized carbons (Fsp3) is 0.556. The van der Waals surface area contributed by atoms with Crippen LogP contribution in [0.5, 0.6) is 0 Å². The van der Waals surface area contributed by atoms with Crippen molar-refractivity contribution >= 4 is 36.0 Å². The van der Waals surface area contributed by atoms with E-state index in [2.05, 4.69) is 5.32 Å². The van der Waals surface area contributed by atoms with Gasteiger partial charge < -0.3 is 15.1 Å². The minimum atomic E-state index is -0.00848. The van der Waals surface area contributed by atoms with Crippen LogP contribution in [-0.4, -0.2) is 66.3 Å². The monoisotopic (exact) mass is 385 g/mol. The Hall–Kier alpha value is -1.24. The molecule has 1 fully saturated rings. The highest BCUT2D eigenvalue weighted by Gasteiger charge is 2.20. The first-order valence-corrected chi connectivity index (χ1v) is 9.56. The van der Waals surface area contributed by atoms with Gasteiger partial charge in [-0.2, -0.15) is 11.8 Å². The van der Waals surface area contributed by atoms with Crippen LogP contribution < -0.4 is 5.32 Å². The lowest BCUT2D eigenvalue weighted by Crippen LogP contribution is -2.42. The number of carbonyl (C=O) groups is 2. The van der Waals surface area contributed by atoms with Gasteiger partial charge in [-0.25, -0.2) is 0 Å². The summed E-state index contributed by atoms with van der Waals surface area (Å²) in [5.74, 6) is 2.31. The third kappa shape index (κ3) is 6.53. The molecule has 1 heterocycles. The Morgan fingerprint density at radius 2 is 1.92 bits per heavy atom. The molecule has 0 saturated carbocycles. The zero-order valence-corrected chi connectivity index (χ0v) is 16.8. The van der Waals surface area contributed by atoms with Crippen molar-refractivity contribution in [3.63, 3.8) is 0 Å². The summed E-state index contributed by atoms with van der Waals surface area (Å²) in [4.78, 5) is 27.9. The molecule has 0 spiro atoms. The van der Waals surface area contributed by atoms with Gasteiger partial charge in [0.05, 0.1) is 0 Å². The molecule has 1 aliphatic rings. The first kappa shape index (κ1) is 21.8. The van der Waals surface area contributed by atoms with Gasteiger partial charge in [0.15, 0.2) is 0 Å². The standard InChI is InChI=1S/C18H27N3O2S.ClH/c1-4-21(17(22)11-16-13-24-10-9-19-16)12-14-5-7-15(8-6-14)18(23)20(2)3;/h5-8,16,19H,4,9-13H2,1-3H3;1H. The molecule has 1 unspecified atom stereocenters. The fourth-order valence-electron chi connectivity index (χ4n) is 2.70. The van der Waals surface area contributed by atoms with Crippen LogP contribution in [-0.2, 0) is 11.3 Å². The van der Waals surface area contributed by atoms with Crippen molar-refractivity contribution in [1.82, 2.24) is 15.1 Å². The molecule has 0 bridgehead atoms. The molecule has 0 radical (unpaired) electrons. The molecule has 5 nitrogen and oxygen atoms in total. The number of amides is 2. The van der Waals surface area contributed by atoms with Gasteiger partial charge in [-0.3, -0.25) is 9.59 Å². The van der Waals surface area contributed by atoms with Crippen molar-refractivity contribution in [2.24, 2.45) is 0 Å². The number of carbonyl (C=O) groups excluding carboxylic acids is 2.